The van der Waals surface area contributed by atoms with Gasteiger partial charge in [0.15, 0.2) is 11.2 Å². The molecule has 108 valence electrons. The zero-order chi connectivity index (χ0) is 14.4. The number of H-pyrrole nitrogens is 1. The van der Waals surface area contributed by atoms with Crippen molar-refractivity contribution >= 4 is 17.1 Å². The molecule has 1 aliphatic heterocycles. The van der Waals surface area contributed by atoms with Gasteiger partial charge in [-0.25, -0.2) is 4.79 Å². The number of hydrogen-bond donors (Lipinski definition) is 1. The van der Waals surface area contributed by atoms with E-state index in [2.05, 4.69) is 28.7 Å². The predicted molar refractivity (Wildman–Crippen MR) is 77.3 cm³/mol. The van der Waals surface area contributed by atoms with E-state index in [0.717, 1.165) is 32.0 Å². The molecule has 0 aliphatic carbocycles. The second kappa shape index (κ2) is 4.50. The Labute approximate surface area is 115 Å². The van der Waals surface area contributed by atoms with Crippen LogP contribution < -0.4 is 16.1 Å². The van der Waals surface area contributed by atoms with Crippen molar-refractivity contribution in [2.75, 3.05) is 18.0 Å². The molecule has 0 saturated heterocycles. The van der Waals surface area contributed by atoms with E-state index in [1.54, 1.807) is 7.05 Å². The molecule has 2 aromatic heterocycles. The van der Waals surface area contributed by atoms with Crippen molar-refractivity contribution in [3.05, 3.63) is 20.8 Å². The van der Waals surface area contributed by atoms with Crippen LogP contribution in [0, 0.1) is 5.92 Å². The van der Waals surface area contributed by atoms with Crippen molar-refractivity contribution in [1.82, 2.24) is 19.1 Å². The van der Waals surface area contributed by atoms with E-state index in [-0.39, 0.29) is 5.56 Å². The molecule has 0 saturated carbocycles. The van der Waals surface area contributed by atoms with Crippen LogP contribution in [0.15, 0.2) is 9.59 Å². The highest BCUT2D eigenvalue weighted by Gasteiger charge is 2.27. The van der Waals surface area contributed by atoms with Gasteiger partial charge in [-0.05, 0) is 12.3 Å². The summed E-state index contributed by atoms with van der Waals surface area (Å²) in [5.74, 6) is 1.25. The van der Waals surface area contributed by atoms with Gasteiger partial charge in [0.2, 0.25) is 5.95 Å². The van der Waals surface area contributed by atoms with Crippen LogP contribution in [0.4, 0.5) is 5.95 Å². The summed E-state index contributed by atoms with van der Waals surface area (Å²) in [6, 6.07) is 0. The van der Waals surface area contributed by atoms with Gasteiger partial charge < -0.3 is 9.47 Å². The zero-order valence-electron chi connectivity index (χ0n) is 12.0. The smallest absolute Gasteiger partial charge is 0.329 e. The molecule has 2 aromatic rings. The lowest BCUT2D eigenvalue weighted by Crippen LogP contribution is -2.38. The summed E-state index contributed by atoms with van der Waals surface area (Å²) in [5, 5.41) is 0. The van der Waals surface area contributed by atoms with Gasteiger partial charge in [-0.1, -0.05) is 13.8 Å². The van der Waals surface area contributed by atoms with E-state index in [9.17, 15) is 9.59 Å². The van der Waals surface area contributed by atoms with Gasteiger partial charge in [0.05, 0.1) is 0 Å². The lowest BCUT2D eigenvalue weighted by molar-refractivity contribution is 0.436. The fourth-order valence-corrected chi connectivity index (χ4v) is 2.93. The molecule has 1 atom stereocenters. The fraction of sp³-hybridized carbons (Fsp3) is 0.615. The number of imidazole rings is 1. The monoisotopic (exact) mass is 277 g/mol. The van der Waals surface area contributed by atoms with E-state index >= 15 is 0 Å². The second-order valence-corrected chi connectivity index (χ2v) is 5.56. The number of anilines is 1. The zero-order valence-corrected chi connectivity index (χ0v) is 12.0. The minimum Gasteiger partial charge on any atom is -0.342 e. The Morgan fingerprint density at radius 1 is 1.35 bits per heavy atom. The Morgan fingerprint density at radius 2 is 2.10 bits per heavy atom. The standard InChI is InChI=1S/C13H19N5O2/c1-4-5-17-6-8(2)7-18-9-10(14-12(17)18)16(3)13(20)15-11(9)19/h8H,4-7H2,1-3H3,(H,15,19,20)/t8-/m1/s1. The summed E-state index contributed by atoms with van der Waals surface area (Å²) in [5.41, 5.74) is 0.180. The first kappa shape index (κ1) is 13.0. The summed E-state index contributed by atoms with van der Waals surface area (Å²) in [6.45, 7) is 6.87. The Morgan fingerprint density at radius 3 is 2.80 bits per heavy atom. The second-order valence-electron chi connectivity index (χ2n) is 5.56. The quantitative estimate of drug-likeness (QED) is 0.856. The molecule has 0 fully saturated rings. The number of nitrogens with one attached hydrogen (secondary N) is 1. The molecule has 0 spiro atoms. The van der Waals surface area contributed by atoms with Crippen molar-refractivity contribution in [2.24, 2.45) is 13.0 Å². The van der Waals surface area contributed by atoms with Crippen LogP contribution in [0.5, 0.6) is 0 Å². The van der Waals surface area contributed by atoms with Gasteiger partial charge in [0.25, 0.3) is 5.56 Å². The number of fused-ring (bicyclic) bond motifs is 3. The van der Waals surface area contributed by atoms with Crippen LogP contribution in [-0.4, -0.2) is 32.2 Å². The third kappa shape index (κ3) is 1.76. The van der Waals surface area contributed by atoms with Crippen LogP contribution in [0.1, 0.15) is 20.3 Å². The van der Waals surface area contributed by atoms with Gasteiger partial charge in [-0.3, -0.25) is 14.3 Å². The fourth-order valence-electron chi connectivity index (χ4n) is 2.93. The molecule has 0 unspecified atom stereocenters. The van der Waals surface area contributed by atoms with Crippen molar-refractivity contribution < 1.29 is 0 Å². The van der Waals surface area contributed by atoms with E-state index in [1.165, 1.54) is 4.57 Å². The van der Waals surface area contributed by atoms with Crippen molar-refractivity contribution in [3.63, 3.8) is 0 Å². The molecule has 20 heavy (non-hydrogen) atoms. The number of aryl methyl sites for hydroxylation is 1. The third-order valence-electron chi connectivity index (χ3n) is 3.79. The number of hydrogen-bond acceptors (Lipinski definition) is 4. The molecule has 3 rings (SSSR count). The lowest BCUT2D eigenvalue weighted by atomic mass is 10.1. The molecule has 0 bridgehead atoms. The summed E-state index contributed by atoms with van der Waals surface area (Å²) >= 11 is 0. The largest absolute Gasteiger partial charge is 0.342 e. The molecular weight excluding hydrogens is 258 g/mol. The molecule has 1 N–H and O–H groups in total. The van der Waals surface area contributed by atoms with Crippen molar-refractivity contribution in [1.29, 1.82) is 0 Å². The van der Waals surface area contributed by atoms with E-state index < -0.39 is 5.69 Å². The van der Waals surface area contributed by atoms with Crippen LogP contribution in [0.25, 0.3) is 11.2 Å². The molecule has 7 nitrogen and oxygen atoms in total. The first-order valence-electron chi connectivity index (χ1n) is 6.97. The molecular formula is C13H19N5O2. The Balaban J connectivity index is 2.33. The molecule has 1 aliphatic rings. The third-order valence-corrected chi connectivity index (χ3v) is 3.79. The molecule has 0 aromatic carbocycles. The number of aromatic amines is 1. The Kier molecular flexibility index (Phi) is 2.92. The van der Waals surface area contributed by atoms with E-state index in [4.69, 9.17) is 0 Å². The molecule has 7 heteroatoms. The van der Waals surface area contributed by atoms with Gasteiger partial charge in [0, 0.05) is 26.7 Å². The average Bonchev–Trinajstić information content (AvgIpc) is 2.76. The Bertz CT molecular complexity index is 769. The van der Waals surface area contributed by atoms with Crippen LogP contribution >= 0.6 is 0 Å². The minimum absolute atomic E-state index is 0.354. The van der Waals surface area contributed by atoms with E-state index in [1.807, 2.05) is 4.57 Å². The maximum absolute atomic E-state index is 12.1. The minimum atomic E-state index is -0.423. The van der Waals surface area contributed by atoms with E-state index in [0.29, 0.717) is 17.1 Å². The first-order valence-corrected chi connectivity index (χ1v) is 6.97. The SMILES string of the molecule is CCCN1C[C@@H](C)Cn2c1nc1c2c(=O)[nH]c(=O)n1C. The number of aromatic nitrogens is 4. The highest BCUT2D eigenvalue weighted by atomic mass is 16.2. The Hall–Kier alpha value is -2.05. The summed E-state index contributed by atoms with van der Waals surface area (Å²) < 4.78 is 3.34. The number of nitrogens with zero attached hydrogens (tertiary/aromatic N) is 4. The van der Waals surface area contributed by atoms with Crippen LogP contribution in [0.3, 0.4) is 0 Å². The van der Waals surface area contributed by atoms with Crippen LogP contribution in [-0.2, 0) is 13.6 Å². The maximum Gasteiger partial charge on any atom is 0.329 e. The van der Waals surface area contributed by atoms with Crippen LogP contribution in [0.2, 0.25) is 0 Å². The summed E-state index contributed by atoms with van der Waals surface area (Å²) in [7, 11) is 1.63. The highest BCUT2D eigenvalue weighted by molar-refractivity contribution is 5.74. The molecule has 0 amide bonds. The van der Waals surface area contributed by atoms with Gasteiger partial charge >= 0.3 is 5.69 Å². The van der Waals surface area contributed by atoms with Crippen molar-refractivity contribution in [2.45, 2.75) is 26.8 Å². The van der Waals surface area contributed by atoms with Gasteiger partial charge in [-0.15, -0.1) is 0 Å². The maximum atomic E-state index is 12.1. The molecule has 3 heterocycles. The highest BCUT2D eigenvalue weighted by Crippen LogP contribution is 2.26. The average molecular weight is 277 g/mol. The van der Waals surface area contributed by atoms with Gasteiger partial charge in [-0.2, -0.15) is 4.98 Å². The number of rotatable bonds is 2. The predicted octanol–water partition coefficient (Wildman–Crippen LogP) is 0.289. The summed E-state index contributed by atoms with van der Waals surface area (Å²) in [4.78, 5) is 32.9. The molecule has 0 radical (unpaired) electrons. The van der Waals surface area contributed by atoms with Crippen molar-refractivity contribution in [3.8, 4) is 0 Å². The lowest BCUT2D eigenvalue weighted by Gasteiger charge is -2.32. The first-order chi connectivity index (χ1) is 9.52. The van der Waals surface area contributed by atoms with Gasteiger partial charge in [0.1, 0.15) is 0 Å². The topological polar surface area (TPSA) is 75.9 Å². The summed E-state index contributed by atoms with van der Waals surface area (Å²) in [6.07, 6.45) is 1.02. The normalized spacial score (nSPS) is 18.6.